The molecule has 3 aromatic rings. The SMILES string of the molecule is C=C1C[C@H]2[C@H]3CC[C@@H](CN2c2nc(OC[C@@]45CCCN4C[C@H](F)C5)nc4c(F)cc(F)c1c24)N3Cc1ccccc1. The lowest BCUT2D eigenvalue weighted by molar-refractivity contribution is 0.107. The fourth-order valence-corrected chi connectivity index (χ4v) is 8.50. The Morgan fingerprint density at radius 2 is 1.90 bits per heavy atom. The number of benzene rings is 2. The molecule has 0 spiro atoms. The average molecular weight is 562 g/mol. The van der Waals surface area contributed by atoms with Gasteiger partial charge >= 0.3 is 6.01 Å². The van der Waals surface area contributed by atoms with E-state index in [1.807, 2.05) is 6.07 Å². The summed E-state index contributed by atoms with van der Waals surface area (Å²) in [6.45, 7) is 7.36. The number of aromatic nitrogens is 2. The number of piperazine rings is 1. The summed E-state index contributed by atoms with van der Waals surface area (Å²) in [4.78, 5) is 16.4. The Bertz CT molecular complexity index is 1530. The molecule has 0 saturated carbocycles. The molecule has 0 unspecified atom stereocenters. The van der Waals surface area contributed by atoms with Crippen molar-refractivity contribution in [2.75, 3.05) is 31.1 Å². The molecule has 0 N–H and O–H groups in total. The molecule has 6 heterocycles. The molecule has 1 aromatic heterocycles. The minimum absolute atomic E-state index is 0.0109. The quantitative estimate of drug-likeness (QED) is 0.410. The highest BCUT2D eigenvalue weighted by atomic mass is 19.1. The van der Waals surface area contributed by atoms with Gasteiger partial charge < -0.3 is 9.64 Å². The Hall–Kier alpha value is -3.17. The fourth-order valence-electron chi connectivity index (χ4n) is 8.50. The maximum atomic E-state index is 15.4. The van der Waals surface area contributed by atoms with E-state index in [1.165, 1.54) is 5.56 Å². The number of nitrogens with zero attached hydrogens (tertiary/aromatic N) is 5. The smallest absolute Gasteiger partial charge is 0.319 e. The number of hydrogen-bond donors (Lipinski definition) is 0. The third-order valence-corrected chi connectivity index (χ3v) is 10.3. The van der Waals surface area contributed by atoms with Gasteiger partial charge in [0.2, 0.25) is 0 Å². The summed E-state index contributed by atoms with van der Waals surface area (Å²) in [6.07, 6.45) is 4.04. The summed E-state index contributed by atoms with van der Waals surface area (Å²) in [5, 5.41) is 0.378. The molecule has 41 heavy (non-hydrogen) atoms. The Morgan fingerprint density at radius 3 is 2.76 bits per heavy atom. The zero-order valence-corrected chi connectivity index (χ0v) is 23.0. The van der Waals surface area contributed by atoms with Gasteiger partial charge in [-0.15, -0.1) is 0 Å². The van der Waals surface area contributed by atoms with Crippen LogP contribution in [-0.2, 0) is 6.54 Å². The lowest BCUT2D eigenvalue weighted by atomic mass is 9.93. The molecule has 5 atom stereocenters. The molecule has 0 radical (unpaired) electrons. The molecule has 214 valence electrons. The van der Waals surface area contributed by atoms with Gasteiger partial charge in [0.1, 0.15) is 29.9 Å². The van der Waals surface area contributed by atoms with Crippen molar-refractivity contribution in [2.45, 2.75) is 74.9 Å². The minimum atomic E-state index is -0.876. The van der Waals surface area contributed by atoms with Crippen molar-refractivity contribution in [1.29, 1.82) is 0 Å². The number of ether oxygens (including phenoxy) is 1. The normalized spacial score (nSPS) is 31.0. The van der Waals surface area contributed by atoms with Crippen molar-refractivity contribution >= 4 is 22.3 Å². The molecule has 4 fully saturated rings. The molecule has 6 nitrogen and oxygen atoms in total. The molecular weight excluding hydrogens is 527 g/mol. The number of fused-ring (bicyclic) bond motifs is 6. The van der Waals surface area contributed by atoms with Crippen LogP contribution in [0.3, 0.4) is 0 Å². The van der Waals surface area contributed by atoms with Crippen LogP contribution in [0.5, 0.6) is 6.01 Å². The third kappa shape index (κ3) is 3.99. The number of alkyl halides is 1. The Labute approximate surface area is 237 Å². The van der Waals surface area contributed by atoms with Crippen LogP contribution in [0.2, 0.25) is 0 Å². The second-order valence-corrected chi connectivity index (χ2v) is 12.6. The maximum absolute atomic E-state index is 15.4. The Balaban J connectivity index is 1.19. The lowest BCUT2D eigenvalue weighted by Gasteiger charge is -2.47. The first-order chi connectivity index (χ1) is 19.9. The van der Waals surface area contributed by atoms with Crippen molar-refractivity contribution < 1.29 is 17.9 Å². The van der Waals surface area contributed by atoms with Gasteiger partial charge in [-0.2, -0.15) is 9.97 Å². The first-order valence-electron chi connectivity index (χ1n) is 14.9. The number of hydrogen-bond acceptors (Lipinski definition) is 6. The van der Waals surface area contributed by atoms with E-state index in [-0.39, 0.29) is 35.8 Å². The zero-order chi connectivity index (χ0) is 27.9. The standard InChI is InChI=1S/C32H34F3N5O/c1-19-12-26-25-9-8-22(39(25)15-20-6-3-2-4-7-20)17-40(26)30-28-27(19)23(34)13-24(35)29(28)36-31(37-30)41-18-32-10-5-11-38(32)16-21(33)14-32/h2-4,6-7,13,21-22,25-26H,1,5,8-12,14-18H2/t21-,22+,25-,26+,32+/m1/s1. The van der Waals surface area contributed by atoms with Gasteiger partial charge in [0.25, 0.3) is 0 Å². The molecule has 5 aliphatic rings. The van der Waals surface area contributed by atoms with E-state index >= 15 is 8.78 Å². The summed E-state index contributed by atoms with van der Waals surface area (Å²) in [6, 6.07) is 12.0. The molecule has 0 amide bonds. The van der Waals surface area contributed by atoms with E-state index in [1.54, 1.807) is 0 Å². The predicted octanol–water partition coefficient (Wildman–Crippen LogP) is 5.50. The van der Waals surface area contributed by atoms with E-state index in [2.05, 4.69) is 50.5 Å². The summed E-state index contributed by atoms with van der Waals surface area (Å²) >= 11 is 0. The number of halogens is 3. The van der Waals surface area contributed by atoms with Gasteiger partial charge in [0, 0.05) is 49.8 Å². The van der Waals surface area contributed by atoms with Crippen LogP contribution in [-0.4, -0.2) is 75.8 Å². The molecule has 9 heteroatoms. The highest BCUT2D eigenvalue weighted by Gasteiger charge is 2.50. The van der Waals surface area contributed by atoms with Crippen LogP contribution >= 0.6 is 0 Å². The number of rotatable bonds is 5. The van der Waals surface area contributed by atoms with Gasteiger partial charge in [0.05, 0.1) is 17.0 Å². The fraction of sp³-hybridized carbons (Fsp3) is 0.500. The Kier molecular flexibility index (Phi) is 5.87. The summed E-state index contributed by atoms with van der Waals surface area (Å²) in [5.74, 6) is -0.851. The van der Waals surface area contributed by atoms with Crippen LogP contribution in [0.25, 0.3) is 16.5 Å². The van der Waals surface area contributed by atoms with E-state index in [4.69, 9.17) is 9.72 Å². The van der Waals surface area contributed by atoms with E-state index < -0.39 is 17.8 Å². The third-order valence-electron chi connectivity index (χ3n) is 10.3. The lowest BCUT2D eigenvalue weighted by Crippen LogP contribution is -2.59. The second kappa shape index (κ2) is 9.42. The first-order valence-corrected chi connectivity index (χ1v) is 14.9. The predicted molar refractivity (Wildman–Crippen MR) is 152 cm³/mol. The molecular formula is C32H34F3N5O. The molecule has 4 saturated heterocycles. The summed E-state index contributed by atoms with van der Waals surface area (Å²) in [7, 11) is 0. The van der Waals surface area contributed by atoms with Crippen molar-refractivity contribution in [3.8, 4) is 6.01 Å². The van der Waals surface area contributed by atoms with Crippen molar-refractivity contribution in [1.82, 2.24) is 19.8 Å². The minimum Gasteiger partial charge on any atom is -0.461 e. The highest BCUT2D eigenvalue weighted by molar-refractivity contribution is 6.01. The molecule has 8 rings (SSSR count). The van der Waals surface area contributed by atoms with Gasteiger partial charge in [-0.1, -0.05) is 36.9 Å². The van der Waals surface area contributed by atoms with Crippen LogP contribution in [0.1, 0.15) is 49.7 Å². The Morgan fingerprint density at radius 1 is 1.05 bits per heavy atom. The first kappa shape index (κ1) is 25.5. The van der Waals surface area contributed by atoms with Crippen molar-refractivity contribution in [3.63, 3.8) is 0 Å². The van der Waals surface area contributed by atoms with Crippen LogP contribution < -0.4 is 9.64 Å². The largest absolute Gasteiger partial charge is 0.461 e. The van der Waals surface area contributed by atoms with Crippen molar-refractivity contribution in [3.05, 3.63) is 65.7 Å². The van der Waals surface area contributed by atoms with Gasteiger partial charge in [0.15, 0.2) is 5.82 Å². The second-order valence-electron chi connectivity index (χ2n) is 12.6. The molecule has 0 aliphatic carbocycles. The summed E-state index contributed by atoms with van der Waals surface area (Å²) in [5.41, 5.74) is 1.89. The van der Waals surface area contributed by atoms with E-state index in [9.17, 15) is 4.39 Å². The van der Waals surface area contributed by atoms with Crippen LogP contribution in [0, 0.1) is 11.6 Å². The van der Waals surface area contributed by atoms with Crippen LogP contribution in [0.15, 0.2) is 43.0 Å². The average Bonchev–Trinajstić information content (AvgIpc) is 3.54. The molecule has 5 aliphatic heterocycles. The monoisotopic (exact) mass is 561 g/mol. The van der Waals surface area contributed by atoms with Crippen molar-refractivity contribution in [2.24, 2.45) is 0 Å². The topological polar surface area (TPSA) is 44.7 Å². The number of anilines is 1. The molecule has 2 bridgehead atoms. The van der Waals surface area contributed by atoms with Gasteiger partial charge in [-0.25, -0.2) is 13.2 Å². The van der Waals surface area contributed by atoms with Gasteiger partial charge in [-0.3, -0.25) is 9.80 Å². The van der Waals surface area contributed by atoms with Crippen LogP contribution in [0.4, 0.5) is 19.0 Å². The van der Waals surface area contributed by atoms with E-state index in [0.29, 0.717) is 54.3 Å². The van der Waals surface area contributed by atoms with Gasteiger partial charge in [-0.05, 0) is 49.8 Å². The highest BCUT2D eigenvalue weighted by Crippen LogP contribution is 2.47. The maximum Gasteiger partial charge on any atom is 0.319 e. The molecule has 2 aromatic carbocycles. The summed E-state index contributed by atoms with van der Waals surface area (Å²) < 4.78 is 51.4. The zero-order valence-electron chi connectivity index (χ0n) is 23.0. The van der Waals surface area contributed by atoms with E-state index in [0.717, 1.165) is 44.8 Å².